The molecule has 0 radical (unpaired) electrons. The van der Waals surface area contributed by atoms with Crippen molar-refractivity contribution in [1.82, 2.24) is 0 Å². The maximum Gasteiger partial charge on any atom is 0.335 e. The number of phenolic OH excluding ortho intramolecular Hbond substituents is 2. The normalized spacial score (nSPS) is 14.2. The molecule has 0 aliphatic carbocycles. The summed E-state index contributed by atoms with van der Waals surface area (Å²) in [7, 11) is 0. The van der Waals surface area contributed by atoms with E-state index in [-0.39, 0.29) is 17.5 Å². The first-order valence-electron chi connectivity index (χ1n) is 5.14. The summed E-state index contributed by atoms with van der Waals surface area (Å²) in [6.07, 6.45) is -2.57. The Kier molecular flexibility index (Phi) is 4.83. The summed E-state index contributed by atoms with van der Waals surface area (Å²) in [5, 5.41) is 47.2. The molecule has 0 bridgehead atoms. The molecule has 1 aromatic carbocycles. The number of aliphatic hydroxyl groups is 2. The molecule has 0 saturated heterocycles. The molecule has 5 N–H and O–H groups in total. The van der Waals surface area contributed by atoms with E-state index in [1.54, 1.807) is 0 Å². The van der Waals surface area contributed by atoms with E-state index in [2.05, 4.69) is 12.6 Å². The second-order valence-electron chi connectivity index (χ2n) is 3.76. The Bertz CT molecular complexity index is 424. The minimum absolute atomic E-state index is 0.157. The van der Waals surface area contributed by atoms with Crippen molar-refractivity contribution in [2.24, 2.45) is 0 Å². The highest BCUT2D eigenvalue weighted by Crippen LogP contribution is 2.36. The molecule has 100 valence electrons. The number of aromatic carboxylic acids is 1. The smallest absolute Gasteiger partial charge is 0.335 e. The number of benzene rings is 1. The molecule has 18 heavy (non-hydrogen) atoms. The van der Waals surface area contributed by atoms with Crippen LogP contribution in [-0.2, 0) is 0 Å². The van der Waals surface area contributed by atoms with Crippen LogP contribution < -0.4 is 0 Å². The van der Waals surface area contributed by atoms with Gasteiger partial charge in [0.05, 0.1) is 17.2 Å². The maximum absolute atomic E-state index is 10.7. The largest absolute Gasteiger partial charge is 0.507 e. The lowest BCUT2D eigenvalue weighted by atomic mass is 9.99. The summed E-state index contributed by atoms with van der Waals surface area (Å²) in [6.45, 7) is 0. The predicted molar refractivity (Wildman–Crippen MR) is 66.2 cm³/mol. The molecule has 1 aromatic rings. The van der Waals surface area contributed by atoms with E-state index < -0.39 is 29.7 Å². The van der Waals surface area contributed by atoms with Crippen molar-refractivity contribution in [2.45, 2.75) is 18.6 Å². The Morgan fingerprint density at radius 3 is 2.11 bits per heavy atom. The van der Waals surface area contributed by atoms with Crippen molar-refractivity contribution in [3.05, 3.63) is 23.3 Å². The number of thiol groups is 1. The van der Waals surface area contributed by atoms with Gasteiger partial charge in [-0.25, -0.2) is 4.79 Å². The Morgan fingerprint density at radius 2 is 1.72 bits per heavy atom. The van der Waals surface area contributed by atoms with E-state index >= 15 is 0 Å². The second-order valence-corrected chi connectivity index (χ2v) is 4.21. The van der Waals surface area contributed by atoms with Crippen LogP contribution in [0, 0.1) is 0 Å². The minimum atomic E-state index is -1.51. The van der Waals surface area contributed by atoms with Crippen LogP contribution >= 0.6 is 12.6 Å². The number of aliphatic hydroxyl groups excluding tert-OH is 2. The third-order valence-electron chi connectivity index (χ3n) is 2.47. The highest BCUT2D eigenvalue weighted by molar-refractivity contribution is 7.80. The molecule has 0 spiro atoms. The number of carboxylic acid groups (broad SMARTS) is 1. The summed E-state index contributed by atoms with van der Waals surface area (Å²) in [5.74, 6) is -2.18. The van der Waals surface area contributed by atoms with Crippen LogP contribution in [0.5, 0.6) is 11.5 Å². The van der Waals surface area contributed by atoms with Gasteiger partial charge in [-0.15, -0.1) is 0 Å². The summed E-state index contributed by atoms with van der Waals surface area (Å²) in [5.41, 5.74) is -0.612. The first-order valence-corrected chi connectivity index (χ1v) is 5.77. The van der Waals surface area contributed by atoms with Gasteiger partial charge < -0.3 is 25.5 Å². The monoisotopic (exact) mass is 274 g/mol. The van der Waals surface area contributed by atoms with Gasteiger partial charge >= 0.3 is 5.97 Å². The first kappa shape index (κ1) is 14.6. The van der Waals surface area contributed by atoms with Gasteiger partial charge in [0.15, 0.2) is 0 Å². The molecule has 0 aliphatic heterocycles. The van der Waals surface area contributed by atoms with Crippen molar-refractivity contribution < 1.29 is 30.3 Å². The van der Waals surface area contributed by atoms with Crippen molar-refractivity contribution in [3.8, 4) is 11.5 Å². The Morgan fingerprint density at radius 1 is 1.22 bits per heavy atom. The molecule has 2 atom stereocenters. The Hall–Kier alpha value is -1.44. The van der Waals surface area contributed by atoms with Crippen LogP contribution in [0.3, 0.4) is 0 Å². The predicted octanol–water partition coefficient (Wildman–Crippen LogP) is 0.510. The number of phenols is 2. The zero-order valence-corrected chi connectivity index (χ0v) is 10.2. The van der Waals surface area contributed by atoms with Crippen LogP contribution in [0.15, 0.2) is 12.1 Å². The van der Waals surface area contributed by atoms with Gasteiger partial charge in [0.2, 0.25) is 0 Å². The van der Waals surface area contributed by atoms with E-state index in [0.717, 1.165) is 12.1 Å². The molecule has 2 unspecified atom stereocenters. The average Bonchev–Trinajstić information content (AvgIpc) is 2.27. The maximum atomic E-state index is 10.7. The highest BCUT2D eigenvalue weighted by atomic mass is 32.1. The SMILES string of the molecule is O=C(O)c1cc(O)c(C(O)C(O)CCS)c(O)c1. The van der Waals surface area contributed by atoms with Gasteiger partial charge in [-0.1, -0.05) is 0 Å². The average molecular weight is 274 g/mol. The fourth-order valence-electron chi connectivity index (χ4n) is 1.53. The number of carbonyl (C=O) groups is 1. The van der Waals surface area contributed by atoms with Gasteiger partial charge in [0.25, 0.3) is 0 Å². The quantitative estimate of drug-likeness (QED) is 0.435. The lowest BCUT2D eigenvalue weighted by Gasteiger charge is -2.19. The number of carboxylic acids is 1. The lowest BCUT2D eigenvalue weighted by molar-refractivity contribution is 0.0145. The van der Waals surface area contributed by atoms with E-state index in [4.69, 9.17) is 5.11 Å². The van der Waals surface area contributed by atoms with E-state index in [9.17, 15) is 25.2 Å². The lowest BCUT2D eigenvalue weighted by Crippen LogP contribution is -2.19. The fraction of sp³-hybridized carbons (Fsp3) is 0.364. The van der Waals surface area contributed by atoms with E-state index in [1.165, 1.54) is 0 Å². The van der Waals surface area contributed by atoms with Gasteiger partial charge in [0.1, 0.15) is 17.6 Å². The molecule has 0 aromatic heterocycles. The van der Waals surface area contributed by atoms with Crippen molar-refractivity contribution in [3.63, 3.8) is 0 Å². The third-order valence-corrected chi connectivity index (χ3v) is 2.73. The Labute approximate surface area is 109 Å². The zero-order valence-electron chi connectivity index (χ0n) is 9.32. The topological polar surface area (TPSA) is 118 Å². The highest BCUT2D eigenvalue weighted by Gasteiger charge is 2.25. The summed E-state index contributed by atoms with van der Waals surface area (Å²) < 4.78 is 0. The van der Waals surface area contributed by atoms with Crippen molar-refractivity contribution >= 4 is 18.6 Å². The van der Waals surface area contributed by atoms with E-state index in [1.807, 2.05) is 0 Å². The van der Waals surface area contributed by atoms with Gasteiger partial charge in [0, 0.05) is 0 Å². The molecule has 0 amide bonds. The molecule has 1 rings (SSSR count). The molecule has 0 saturated carbocycles. The van der Waals surface area contributed by atoms with E-state index in [0.29, 0.717) is 5.75 Å². The first-order chi connectivity index (χ1) is 8.38. The molecular formula is C11H14O6S. The number of aromatic hydroxyl groups is 2. The van der Waals surface area contributed by atoms with Crippen LogP contribution in [0.25, 0.3) is 0 Å². The Balaban J connectivity index is 3.13. The van der Waals surface area contributed by atoms with Crippen molar-refractivity contribution in [1.29, 1.82) is 0 Å². The summed E-state index contributed by atoms with van der Waals surface area (Å²) in [6, 6.07) is 1.79. The summed E-state index contributed by atoms with van der Waals surface area (Å²) >= 11 is 3.89. The van der Waals surface area contributed by atoms with Gasteiger partial charge in [-0.05, 0) is 24.3 Å². The number of hydrogen-bond donors (Lipinski definition) is 6. The second kappa shape index (κ2) is 5.94. The van der Waals surface area contributed by atoms with Gasteiger partial charge in [-0.3, -0.25) is 0 Å². The van der Waals surface area contributed by atoms with Crippen LogP contribution in [0.4, 0.5) is 0 Å². The molecule has 7 heteroatoms. The molecule has 0 heterocycles. The van der Waals surface area contributed by atoms with Crippen LogP contribution in [-0.4, -0.2) is 43.4 Å². The molecule has 6 nitrogen and oxygen atoms in total. The van der Waals surface area contributed by atoms with Crippen LogP contribution in [0.2, 0.25) is 0 Å². The van der Waals surface area contributed by atoms with Crippen LogP contribution in [0.1, 0.15) is 28.4 Å². The minimum Gasteiger partial charge on any atom is -0.507 e. The number of rotatable bonds is 5. The zero-order chi connectivity index (χ0) is 13.9. The fourth-order valence-corrected chi connectivity index (χ4v) is 1.80. The van der Waals surface area contributed by atoms with Gasteiger partial charge in [-0.2, -0.15) is 12.6 Å². The third kappa shape index (κ3) is 3.06. The molecule has 0 fully saturated rings. The number of hydrogen-bond acceptors (Lipinski definition) is 6. The van der Waals surface area contributed by atoms with Crippen molar-refractivity contribution in [2.75, 3.05) is 5.75 Å². The molecular weight excluding hydrogens is 260 g/mol. The molecule has 0 aliphatic rings. The standard InChI is InChI=1S/C11H14O6S/c12-6(1-2-18)10(15)9-7(13)3-5(11(16)17)4-8(9)14/h3-4,6,10,12-15,18H,1-2H2,(H,16,17). The summed E-state index contributed by atoms with van der Waals surface area (Å²) in [4.78, 5) is 10.7.